The number of amides is 1. The van der Waals surface area contributed by atoms with Gasteiger partial charge < -0.3 is 19.5 Å². The van der Waals surface area contributed by atoms with E-state index in [1.54, 1.807) is 22.9 Å². The molecule has 0 unspecified atom stereocenters. The molecule has 8 nitrogen and oxygen atoms in total. The lowest BCUT2D eigenvalue weighted by Gasteiger charge is -2.12. The number of anilines is 1. The van der Waals surface area contributed by atoms with Crippen LogP contribution in [0.25, 0.3) is 16.9 Å². The van der Waals surface area contributed by atoms with E-state index in [-0.39, 0.29) is 11.3 Å². The molecule has 1 N–H and O–H groups in total. The summed E-state index contributed by atoms with van der Waals surface area (Å²) in [6, 6.07) is 25.7. The average molecular weight is 457 g/mol. The van der Waals surface area contributed by atoms with Gasteiger partial charge in [-0.3, -0.25) is 4.79 Å². The number of aromatic nitrogens is 2. The molecule has 0 aliphatic carbocycles. The SMILES string of the molecule is COc1cccc(C(=O)OCC(=O)Nc2cc(-c3ccccc3)nn2-c2ccccc2)c1OC. The van der Waals surface area contributed by atoms with Gasteiger partial charge in [0, 0.05) is 11.6 Å². The molecule has 1 heterocycles. The number of nitrogens with zero attached hydrogens (tertiary/aromatic N) is 2. The van der Waals surface area contributed by atoms with Gasteiger partial charge in [-0.05, 0) is 24.3 Å². The minimum Gasteiger partial charge on any atom is -0.493 e. The van der Waals surface area contributed by atoms with Gasteiger partial charge in [0.1, 0.15) is 11.4 Å². The van der Waals surface area contributed by atoms with Gasteiger partial charge in [-0.15, -0.1) is 0 Å². The minimum absolute atomic E-state index is 0.162. The van der Waals surface area contributed by atoms with Crippen LogP contribution < -0.4 is 14.8 Å². The van der Waals surface area contributed by atoms with Crippen LogP contribution >= 0.6 is 0 Å². The second kappa shape index (κ2) is 10.4. The van der Waals surface area contributed by atoms with E-state index in [0.717, 1.165) is 11.3 Å². The maximum Gasteiger partial charge on any atom is 0.342 e. The molecule has 3 aromatic carbocycles. The van der Waals surface area contributed by atoms with Crippen molar-refractivity contribution in [3.8, 4) is 28.4 Å². The number of methoxy groups -OCH3 is 2. The second-order valence-corrected chi connectivity index (χ2v) is 7.19. The summed E-state index contributed by atoms with van der Waals surface area (Å²) < 4.78 is 17.3. The molecule has 0 saturated heterocycles. The van der Waals surface area contributed by atoms with Crippen molar-refractivity contribution in [1.29, 1.82) is 0 Å². The van der Waals surface area contributed by atoms with Crippen LogP contribution in [0.15, 0.2) is 84.9 Å². The molecule has 0 saturated carbocycles. The molecule has 4 rings (SSSR count). The van der Waals surface area contributed by atoms with Gasteiger partial charge >= 0.3 is 5.97 Å². The predicted octanol–water partition coefficient (Wildman–Crippen LogP) is 4.35. The Hall–Kier alpha value is -4.59. The molecule has 0 aliphatic heterocycles. The zero-order valence-corrected chi connectivity index (χ0v) is 18.7. The number of esters is 1. The van der Waals surface area contributed by atoms with E-state index >= 15 is 0 Å². The first-order chi connectivity index (χ1) is 16.6. The van der Waals surface area contributed by atoms with Gasteiger partial charge in [0.25, 0.3) is 5.91 Å². The molecule has 0 fully saturated rings. The van der Waals surface area contributed by atoms with Crippen LogP contribution in [0.1, 0.15) is 10.4 Å². The topological polar surface area (TPSA) is 91.7 Å². The van der Waals surface area contributed by atoms with Crippen molar-refractivity contribution < 1.29 is 23.8 Å². The average Bonchev–Trinajstić information content (AvgIpc) is 3.31. The number of benzene rings is 3. The number of ether oxygens (including phenoxy) is 3. The summed E-state index contributed by atoms with van der Waals surface area (Å²) in [5.41, 5.74) is 2.54. The van der Waals surface area contributed by atoms with Gasteiger partial charge in [-0.1, -0.05) is 54.6 Å². The summed E-state index contributed by atoms with van der Waals surface area (Å²) in [5.74, 6) is -0.129. The van der Waals surface area contributed by atoms with Gasteiger partial charge in [-0.2, -0.15) is 5.10 Å². The largest absolute Gasteiger partial charge is 0.493 e. The Morgan fingerprint density at radius 2 is 1.59 bits per heavy atom. The molecule has 8 heteroatoms. The number of carbonyl (C=O) groups is 2. The van der Waals surface area contributed by atoms with Crippen molar-refractivity contribution in [2.45, 2.75) is 0 Å². The monoisotopic (exact) mass is 457 g/mol. The maximum atomic E-state index is 12.7. The third-order valence-electron chi connectivity index (χ3n) is 5.00. The van der Waals surface area contributed by atoms with Gasteiger partial charge in [-0.25, -0.2) is 9.48 Å². The molecule has 1 amide bonds. The Morgan fingerprint density at radius 3 is 2.26 bits per heavy atom. The second-order valence-electron chi connectivity index (χ2n) is 7.19. The highest BCUT2D eigenvalue weighted by Gasteiger charge is 2.20. The molecule has 0 atom stereocenters. The first-order valence-electron chi connectivity index (χ1n) is 10.5. The van der Waals surface area contributed by atoms with Crippen molar-refractivity contribution in [2.24, 2.45) is 0 Å². The van der Waals surface area contributed by atoms with Crippen LogP contribution in [-0.2, 0) is 9.53 Å². The highest BCUT2D eigenvalue weighted by atomic mass is 16.5. The molecular weight excluding hydrogens is 434 g/mol. The Bertz CT molecular complexity index is 1290. The van der Waals surface area contributed by atoms with E-state index in [4.69, 9.17) is 14.2 Å². The molecule has 0 aliphatic rings. The zero-order valence-electron chi connectivity index (χ0n) is 18.7. The Balaban J connectivity index is 1.52. The van der Waals surface area contributed by atoms with Gasteiger partial charge in [0.05, 0.1) is 25.6 Å². The third-order valence-corrected chi connectivity index (χ3v) is 5.00. The fourth-order valence-electron chi connectivity index (χ4n) is 3.42. The van der Waals surface area contributed by atoms with E-state index in [2.05, 4.69) is 10.4 Å². The summed E-state index contributed by atoms with van der Waals surface area (Å²) in [6.07, 6.45) is 0. The summed E-state index contributed by atoms with van der Waals surface area (Å²) >= 11 is 0. The Kier molecular flexibility index (Phi) is 6.88. The molecule has 172 valence electrons. The lowest BCUT2D eigenvalue weighted by Crippen LogP contribution is -2.22. The molecule has 34 heavy (non-hydrogen) atoms. The van der Waals surface area contributed by atoms with E-state index in [0.29, 0.717) is 17.3 Å². The highest BCUT2D eigenvalue weighted by Crippen LogP contribution is 2.31. The van der Waals surface area contributed by atoms with Crippen LogP contribution in [0, 0.1) is 0 Å². The van der Waals surface area contributed by atoms with Crippen LogP contribution in [0.5, 0.6) is 11.5 Å². The lowest BCUT2D eigenvalue weighted by atomic mass is 10.1. The first-order valence-corrected chi connectivity index (χ1v) is 10.5. The predicted molar refractivity (Wildman–Crippen MR) is 127 cm³/mol. The zero-order chi connectivity index (χ0) is 23.9. The van der Waals surface area contributed by atoms with Crippen LogP contribution in [0.2, 0.25) is 0 Å². The summed E-state index contributed by atoms with van der Waals surface area (Å²) in [5, 5.41) is 7.44. The maximum absolute atomic E-state index is 12.7. The normalized spacial score (nSPS) is 10.4. The van der Waals surface area contributed by atoms with Crippen molar-refractivity contribution in [2.75, 3.05) is 26.1 Å². The van der Waals surface area contributed by atoms with Crippen LogP contribution in [0.4, 0.5) is 5.82 Å². The fourth-order valence-corrected chi connectivity index (χ4v) is 3.42. The van der Waals surface area contributed by atoms with Crippen LogP contribution in [0.3, 0.4) is 0 Å². The Labute approximate surface area is 196 Å². The Morgan fingerprint density at radius 1 is 0.882 bits per heavy atom. The smallest absolute Gasteiger partial charge is 0.342 e. The molecule has 0 spiro atoms. The summed E-state index contributed by atoms with van der Waals surface area (Å²) in [6.45, 7) is -0.486. The van der Waals surface area contributed by atoms with Crippen molar-refractivity contribution in [1.82, 2.24) is 9.78 Å². The summed E-state index contributed by atoms with van der Waals surface area (Å²) in [7, 11) is 2.90. The van der Waals surface area contributed by atoms with E-state index in [9.17, 15) is 9.59 Å². The number of carbonyl (C=O) groups excluding carboxylic acids is 2. The molecular formula is C26H23N3O5. The molecule has 1 aromatic heterocycles. The third kappa shape index (κ3) is 4.91. The van der Waals surface area contributed by atoms with Crippen molar-refractivity contribution >= 4 is 17.7 Å². The van der Waals surface area contributed by atoms with Crippen LogP contribution in [-0.4, -0.2) is 42.5 Å². The molecule has 4 aromatic rings. The minimum atomic E-state index is -0.701. The number of hydrogen-bond acceptors (Lipinski definition) is 6. The number of hydrogen-bond donors (Lipinski definition) is 1. The van der Waals surface area contributed by atoms with E-state index in [1.165, 1.54) is 20.3 Å². The van der Waals surface area contributed by atoms with Crippen molar-refractivity contribution in [3.05, 3.63) is 90.5 Å². The number of nitrogens with one attached hydrogen (secondary N) is 1. The fraction of sp³-hybridized carbons (Fsp3) is 0.115. The molecule has 0 radical (unpaired) electrons. The van der Waals surface area contributed by atoms with Crippen molar-refractivity contribution in [3.63, 3.8) is 0 Å². The number of para-hydroxylation sites is 2. The molecule has 0 bridgehead atoms. The first kappa shape index (κ1) is 22.6. The van der Waals surface area contributed by atoms with E-state index < -0.39 is 18.5 Å². The quantitative estimate of drug-likeness (QED) is 0.396. The van der Waals surface area contributed by atoms with Gasteiger partial charge in [0.2, 0.25) is 0 Å². The standard InChI is InChI=1S/C26H23N3O5/c1-32-22-15-9-14-20(25(22)33-2)26(31)34-17-24(30)27-23-16-21(18-10-5-3-6-11-18)28-29(23)19-12-7-4-8-13-19/h3-16H,17H2,1-2H3,(H,27,30). The lowest BCUT2D eigenvalue weighted by molar-refractivity contribution is -0.119. The van der Waals surface area contributed by atoms with Gasteiger partial charge in [0.15, 0.2) is 18.1 Å². The number of rotatable bonds is 8. The summed E-state index contributed by atoms with van der Waals surface area (Å²) in [4.78, 5) is 25.2. The van der Waals surface area contributed by atoms with E-state index in [1.807, 2.05) is 60.7 Å². The highest BCUT2D eigenvalue weighted by molar-refractivity contribution is 5.97.